The summed E-state index contributed by atoms with van der Waals surface area (Å²) in [6.45, 7) is 7.78. The van der Waals surface area contributed by atoms with Crippen molar-refractivity contribution in [2.45, 2.75) is 57.7 Å². The Morgan fingerprint density at radius 1 is 1.14 bits per heavy atom. The first kappa shape index (κ1) is 25.7. The topological polar surface area (TPSA) is 52.6 Å². The summed E-state index contributed by atoms with van der Waals surface area (Å²) in [6, 6.07) is 18.6. The van der Waals surface area contributed by atoms with Gasteiger partial charge in [0.15, 0.2) is 0 Å². The molecule has 5 atom stereocenters. The predicted octanol–water partition coefficient (Wildman–Crippen LogP) is 6.89. The van der Waals surface area contributed by atoms with Crippen molar-refractivity contribution in [3.63, 3.8) is 0 Å². The maximum Gasteiger partial charge on any atom is 0.302 e. The monoisotopic (exact) mass is 508 g/mol. The molecule has 1 fully saturated rings. The van der Waals surface area contributed by atoms with E-state index in [0.717, 1.165) is 28.7 Å². The normalized spacial score (nSPS) is 24.2. The van der Waals surface area contributed by atoms with Gasteiger partial charge in [-0.3, -0.25) is 9.59 Å². The highest BCUT2D eigenvalue weighted by Gasteiger charge is 2.44. The van der Waals surface area contributed by atoms with Crippen LogP contribution in [0.4, 0.5) is 0 Å². The number of ether oxygens (including phenoxy) is 2. The number of aryl methyl sites for hydroxylation is 1. The van der Waals surface area contributed by atoms with E-state index in [4.69, 9.17) is 9.47 Å². The summed E-state index contributed by atoms with van der Waals surface area (Å²) >= 11 is 3.45. The lowest BCUT2D eigenvalue weighted by Gasteiger charge is -2.44. The minimum atomic E-state index is -0.245. The van der Waals surface area contributed by atoms with Gasteiger partial charge < -0.3 is 9.47 Å². The van der Waals surface area contributed by atoms with Crippen LogP contribution in [0.5, 0.6) is 0 Å². The van der Waals surface area contributed by atoms with Crippen molar-refractivity contribution >= 4 is 35.4 Å². The zero-order chi connectivity index (χ0) is 25.1. The van der Waals surface area contributed by atoms with Crippen LogP contribution in [0.1, 0.15) is 58.8 Å². The summed E-state index contributed by atoms with van der Waals surface area (Å²) in [5.41, 5.74) is 5.37. The highest BCUT2D eigenvalue weighted by molar-refractivity contribution is 7.99. The highest BCUT2D eigenvalue weighted by Crippen LogP contribution is 2.42. The van der Waals surface area contributed by atoms with Gasteiger partial charge in [0, 0.05) is 34.6 Å². The lowest BCUT2D eigenvalue weighted by molar-refractivity contribution is -0.168. The molecular formula is C29H32O4S2. The summed E-state index contributed by atoms with van der Waals surface area (Å²) in [6.07, 6.45) is 3.42. The molecule has 0 spiro atoms. The minimum absolute atomic E-state index is 0.0144. The summed E-state index contributed by atoms with van der Waals surface area (Å²) < 4.78 is 12.3. The van der Waals surface area contributed by atoms with Gasteiger partial charge in [0.05, 0.1) is 17.5 Å². The number of hydrogen-bond acceptors (Lipinski definition) is 6. The zero-order valence-electron chi connectivity index (χ0n) is 20.8. The predicted molar refractivity (Wildman–Crippen MR) is 144 cm³/mol. The second kappa shape index (κ2) is 11.1. The summed E-state index contributed by atoms with van der Waals surface area (Å²) in [4.78, 5) is 25.4. The number of aldehydes is 1. The van der Waals surface area contributed by atoms with Crippen molar-refractivity contribution in [3.05, 3.63) is 81.7 Å². The third-order valence-electron chi connectivity index (χ3n) is 6.85. The van der Waals surface area contributed by atoms with Crippen molar-refractivity contribution in [2.75, 3.05) is 6.26 Å². The van der Waals surface area contributed by atoms with Crippen molar-refractivity contribution < 1.29 is 19.1 Å². The molecule has 2 heterocycles. The molecule has 1 aliphatic heterocycles. The number of esters is 1. The van der Waals surface area contributed by atoms with Crippen molar-refractivity contribution in [1.82, 2.24) is 0 Å². The largest absolute Gasteiger partial charge is 0.461 e. The third kappa shape index (κ3) is 5.71. The Hall–Kier alpha value is -2.41. The molecule has 1 aromatic heterocycles. The Kier molecular flexibility index (Phi) is 8.15. The van der Waals surface area contributed by atoms with Crippen LogP contribution < -0.4 is 0 Å². The lowest BCUT2D eigenvalue weighted by atomic mass is 9.87. The first-order chi connectivity index (χ1) is 16.8. The molecule has 0 bridgehead atoms. The second-order valence-electron chi connectivity index (χ2n) is 9.27. The minimum Gasteiger partial charge on any atom is -0.461 e. The molecule has 4 nitrogen and oxygen atoms in total. The molecule has 3 aromatic rings. The molecule has 0 aliphatic carbocycles. The van der Waals surface area contributed by atoms with E-state index in [1.54, 1.807) is 23.1 Å². The van der Waals surface area contributed by atoms with E-state index in [1.807, 2.05) is 24.3 Å². The number of carbonyl (C=O) groups is 2. The average molecular weight is 509 g/mol. The number of carbonyl (C=O) groups excluding carboxylic acids is 2. The maximum atomic E-state index is 11.8. The first-order valence-corrected chi connectivity index (χ1v) is 14.0. The van der Waals surface area contributed by atoms with Gasteiger partial charge in [-0.1, -0.05) is 43.3 Å². The summed E-state index contributed by atoms with van der Waals surface area (Å²) in [5, 5.41) is 0.0269. The Labute approximate surface area is 216 Å². The van der Waals surface area contributed by atoms with Crippen LogP contribution in [0, 0.1) is 12.8 Å². The molecule has 6 heteroatoms. The molecular weight excluding hydrogens is 476 g/mol. The summed E-state index contributed by atoms with van der Waals surface area (Å²) in [7, 11) is 0. The zero-order valence-corrected chi connectivity index (χ0v) is 22.4. The van der Waals surface area contributed by atoms with E-state index >= 15 is 0 Å². The molecule has 0 saturated carbocycles. The van der Waals surface area contributed by atoms with Crippen LogP contribution in [-0.2, 0) is 20.7 Å². The number of hydrogen-bond donors (Lipinski definition) is 0. The molecule has 35 heavy (non-hydrogen) atoms. The maximum absolute atomic E-state index is 11.8. The Balaban J connectivity index is 1.60. The lowest BCUT2D eigenvalue weighted by Crippen LogP contribution is -2.49. The van der Waals surface area contributed by atoms with Gasteiger partial charge in [0.25, 0.3) is 0 Å². The van der Waals surface area contributed by atoms with E-state index in [1.165, 1.54) is 22.9 Å². The van der Waals surface area contributed by atoms with Gasteiger partial charge in [-0.2, -0.15) is 11.8 Å². The Morgan fingerprint density at radius 3 is 2.66 bits per heavy atom. The second-order valence-corrected chi connectivity index (χ2v) is 11.5. The van der Waals surface area contributed by atoms with Crippen LogP contribution in [0.3, 0.4) is 0 Å². The molecule has 0 N–H and O–H groups in total. The van der Waals surface area contributed by atoms with Gasteiger partial charge >= 0.3 is 5.97 Å². The first-order valence-electron chi connectivity index (χ1n) is 11.9. The van der Waals surface area contributed by atoms with Crippen LogP contribution in [0.2, 0.25) is 0 Å². The molecule has 1 saturated heterocycles. The van der Waals surface area contributed by atoms with Gasteiger partial charge in [0.1, 0.15) is 12.4 Å². The van der Waals surface area contributed by atoms with Crippen LogP contribution in [0.25, 0.3) is 10.4 Å². The van der Waals surface area contributed by atoms with Crippen LogP contribution >= 0.6 is 23.1 Å². The molecule has 0 amide bonds. The molecule has 4 rings (SSSR count). The van der Waals surface area contributed by atoms with Gasteiger partial charge in [-0.25, -0.2) is 0 Å². The van der Waals surface area contributed by atoms with E-state index in [-0.39, 0.29) is 35.4 Å². The summed E-state index contributed by atoms with van der Waals surface area (Å²) in [5.74, 6) is -0.120. The average Bonchev–Trinajstić information content (AvgIpc) is 3.31. The van der Waals surface area contributed by atoms with Crippen molar-refractivity contribution in [2.24, 2.45) is 5.92 Å². The Bertz CT molecular complexity index is 1200. The quantitative estimate of drug-likeness (QED) is 0.257. The third-order valence-corrected chi connectivity index (χ3v) is 9.05. The fourth-order valence-corrected chi connectivity index (χ4v) is 6.77. The van der Waals surface area contributed by atoms with E-state index < -0.39 is 0 Å². The van der Waals surface area contributed by atoms with Gasteiger partial charge in [-0.05, 0) is 60.6 Å². The molecule has 2 aromatic carbocycles. The fraction of sp³-hybridized carbons (Fsp3) is 0.379. The number of thioether (sulfide) groups is 1. The molecule has 184 valence electrons. The van der Waals surface area contributed by atoms with Gasteiger partial charge in [-0.15, -0.1) is 11.3 Å². The number of rotatable bonds is 7. The van der Waals surface area contributed by atoms with Crippen molar-refractivity contribution in [3.8, 4) is 10.4 Å². The molecule has 1 unspecified atom stereocenters. The number of benzene rings is 2. The SMILES string of the molecule is CS[C@H]1C(c2ccc(C)c(Cc3ccc(-c4cccc(C=O)c4)s3)c2)O[C@H](C)[C@@H](C)[C@@H]1OC(C)=O. The highest BCUT2D eigenvalue weighted by atomic mass is 32.2. The number of thiophene rings is 1. The van der Waals surface area contributed by atoms with Crippen LogP contribution in [-0.4, -0.2) is 36.0 Å². The standard InChI is InChI=1S/C29H32O4S2/c1-17-9-10-23(28-29(34-5)27(33-20(4)31)18(2)19(3)32-28)14-24(17)15-25-11-12-26(35-25)22-8-6-7-21(13-22)16-30/h6-14,16,18-19,27-29H,15H2,1-5H3/t18-,19-,27+,28?,29-/m1/s1. The fourth-order valence-electron chi connectivity index (χ4n) is 4.70. The van der Waals surface area contributed by atoms with E-state index in [2.05, 4.69) is 57.4 Å². The molecule has 0 radical (unpaired) electrons. The van der Waals surface area contributed by atoms with E-state index in [0.29, 0.717) is 5.56 Å². The smallest absolute Gasteiger partial charge is 0.302 e. The van der Waals surface area contributed by atoms with Crippen molar-refractivity contribution in [1.29, 1.82) is 0 Å². The molecule has 1 aliphatic rings. The Morgan fingerprint density at radius 2 is 1.94 bits per heavy atom. The van der Waals surface area contributed by atoms with Crippen LogP contribution in [0.15, 0.2) is 54.6 Å². The van der Waals surface area contributed by atoms with E-state index in [9.17, 15) is 9.59 Å². The van der Waals surface area contributed by atoms with Gasteiger partial charge in [0.2, 0.25) is 0 Å².